The molecule has 0 fully saturated rings. The lowest BCUT2D eigenvalue weighted by atomic mass is 10.2. The summed E-state index contributed by atoms with van der Waals surface area (Å²) < 4.78 is 0.479. The zero-order valence-electron chi connectivity index (χ0n) is 5.23. The van der Waals surface area contributed by atoms with Gasteiger partial charge in [-0.05, 0) is 6.42 Å². The van der Waals surface area contributed by atoms with Crippen LogP contribution in [-0.2, 0) is 0 Å². The van der Waals surface area contributed by atoms with E-state index in [2.05, 4.69) is 29.5 Å². The van der Waals surface area contributed by atoms with Crippen LogP contribution in [0.4, 0.5) is 0 Å². The molecular formula is C6H13IO. The molecule has 0 heterocycles. The third-order valence-corrected chi connectivity index (χ3v) is 2.09. The highest BCUT2D eigenvalue weighted by molar-refractivity contribution is 14.1. The molecule has 0 rings (SSSR count). The summed E-state index contributed by atoms with van der Waals surface area (Å²) in [4.78, 5) is 0. The molecule has 0 amide bonds. The summed E-state index contributed by atoms with van der Waals surface area (Å²) in [6.45, 7) is 2.50. The highest BCUT2D eigenvalue weighted by Crippen LogP contribution is 2.08. The van der Waals surface area contributed by atoms with Gasteiger partial charge in [0, 0.05) is 3.92 Å². The normalized spacial score (nSPS) is 13.9. The minimum atomic E-state index is 0.334. The van der Waals surface area contributed by atoms with Gasteiger partial charge in [0.05, 0.1) is 6.61 Å². The number of hydrogen-bond donors (Lipinski definition) is 1. The van der Waals surface area contributed by atoms with Crippen LogP contribution in [0, 0.1) is 0 Å². The predicted molar refractivity (Wildman–Crippen MR) is 44.4 cm³/mol. The smallest absolute Gasteiger partial charge is 0.0548 e. The Morgan fingerprint density at radius 1 is 1.62 bits per heavy atom. The first-order valence-corrected chi connectivity index (χ1v) is 4.30. The summed E-state index contributed by atoms with van der Waals surface area (Å²) in [5, 5.41) is 8.55. The summed E-state index contributed by atoms with van der Waals surface area (Å²) in [7, 11) is 0. The third kappa shape index (κ3) is 4.84. The number of unbranched alkanes of at least 4 members (excludes halogenated alkanes) is 1. The Balaban J connectivity index is 2.86. The van der Waals surface area contributed by atoms with Crippen LogP contribution in [0.15, 0.2) is 0 Å². The van der Waals surface area contributed by atoms with E-state index in [1.165, 1.54) is 12.8 Å². The minimum Gasteiger partial charge on any atom is -0.395 e. The van der Waals surface area contributed by atoms with E-state index in [9.17, 15) is 0 Å². The van der Waals surface area contributed by atoms with Gasteiger partial charge in [-0.2, -0.15) is 0 Å². The van der Waals surface area contributed by atoms with E-state index in [1.54, 1.807) is 0 Å². The lowest BCUT2D eigenvalue weighted by Crippen LogP contribution is -2.02. The van der Waals surface area contributed by atoms with Crippen molar-refractivity contribution < 1.29 is 5.11 Å². The quantitative estimate of drug-likeness (QED) is 0.576. The van der Waals surface area contributed by atoms with E-state index >= 15 is 0 Å². The topological polar surface area (TPSA) is 20.2 Å². The third-order valence-electron chi connectivity index (χ3n) is 1.07. The predicted octanol–water partition coefficient (Wildman–Crippen LogP) is 1.97. The first-order valence-electron chi connectivity index (χ1n) is 3.06. The number of halogens is 1. The number of alkyl halides is 1. The molecule has 50 valence electrons. The van der Waals surface area contributed by atoms with Crippen LogP contribution < -0.4 is 0 Å². The Morgan fingerprint density at radius 2 is 2.25 bits per heavy atom. The van der Waals surface area contributed by atoms with Crippen molar-refractivity contribution in [3.8, 4) is 0 Å². The molecular weight excluding hydrogens is 215 g/mol. The second kappa shape index (κ2) is 5.82. The van der Waals surface area contributed by atoms with E-state index in [1.807, 2.05) is 0 Å². The molecule has 0 aromatic carbocycles. The van der Waals surface area contributed by atoms with Gasteiger partial charge < -0.3 is 5.11 Å². The van der Waals surface area contributed by atoms with Crippen molar-refractivity contribution in [2.24, 2.45) is 0 Å². The Hall–Kier alpha value is 0.690. The molecule has 0 aliphatic rings. The maximum Gasteiger partial charge on any atom is 0.0548 e. The van der Waals surface area contributed by atoms with Crippen LogP contribution in [-0.4, -0.2) is 15.6 Å². The second-order valence-corrected chi connectivity index (χ2v) is 3.68. The van der Waals surface area contributed by atoms with Crippen molar-refractivity contribution in [3.63, 3.8) is 0 Å². The fourth-order valence-corrected chi connectivity index (χ4v) is 0.957. The maximum atomic E-state index is 8.55. The Kier molecular flexibility index (Phi) is 6.32. The van der Waals surface area contributed by atoms with Crippen molar-refractivity contribution in [1.82, 2.24) is 0 Å². The van der Waals surface area contributed by atoms with E-state index in [0.717, 1.165) is 6.42 Å². The van der Waals surface area contributed by atoms with E-state index in [4.69, 9.17) is 5.11 Å². The molecule has 0 aromatic rings. The SMILES string of the molecule is CCCCC(I)CO. The largest absolute Gasteiger partial charge is 0.395 e. The van der Waals surface area contributed by atoms with Crippen LogP contribution in [0.2, 0.25) is 0 Å². The monoisotopic (exact) mass is 228 g/mol. The van der Waals surface area contributed by atoms with Crippen molar-refractivity contribution in [3.05, 3.63) is 0 Å². The highest BCUT2D eigenvalue weighted by atomic mass is 127. The highest BCUT2D eigenvalue weighted by Gasteiger charge is 1.97. The van der Waals surface area contributed by atoms with Crippen LogP contribution in [0.1, 0.15) is 26.2 Å². The molecule has 0 radical (unpaired) electrons. The Morgan fingerprint density at radius 3 is 2.62 bits per heavy atom. The summed E-state index contributed by atoms with van der Waals surface area (Å²) in [5.41, 5.74) is 0. The minimum absolute atomic E-state index is 0.334. The van der Waals surface area contributed by atoms with Crippen molar-refractivity contribution >= 4 is 22.6 Å². The number of hydrogen-bond acceptors (Lipinski definition) is 1. The summed E-state index contributed by atoms with van der Waals surface area (Å²) in [6, 6.07) is 0. The second-order valence-electron chi connectivity index (χ2n) is 1.92. The molecule has 1 atom stereocenters. The van der Waals surface area contributed by atoms with Gasteiger partial charge in [0.1, 0.15) is 0 Å². The zero-order chi connectivity index (χ0) is 6.41. The van der Waals surface area contributed by atoms with Crippen molar-refractivity contribution in [2.45, 2.75) is 30.1 Å². The number of rotatable bonds is 4. The van der Waals surface area contributed by atoms with Crippen molar-refractivity contribution in [1.29, 1.82) is 0 Å². The van der Waals surface area contributed by atoms with Gasteiger partial charge in [0.15, 0.2) is 0 Å². The first-order chi connectivity index (χ1) is 3.81. The fraction of sp³-hybridized carbons (Fsp3) is 1.00. The summed E-state index contributed by atoms with van der Waals surface area (Å²) in [6.07, 6.45) is 3.64. The first kappa shape index (κ1) is 8.69. The standard InChI is InChI=1S/C6H13IO/c1-2-3-4-6(7)5-8/h6,8H,2-5H2,1H3. The van der Waals surface area contributed by atoms with Gasteiger partial charge in [-0.3, -0.25) is 0 Å². The van der Waals surface area contributed by atoms with Gasteiger partial charge >= 0.3 is 0 Å². The van der Waals surface area contributed by atoms with E-state index in [0.29, 0.717) is 10.5 Å². The van der Waals surface area contributed by atoms with E-state index in [-0.39, 0.29) is 0 Å². The maximum absolute atomic E-state index is 8.55. The fourth-order valence-electron chi connectivity index (χ4n) is 0.517. The Bertz CT molecular complexity index is 47.8. The van der Waals surface area contributed by atoms with Crippen molar-refractivity contribution in [2.75, 3.05) is 6.61 Å². The van der Waals surface area contributed by atoms with Crippen LogP contribution in [0.25, 0.3) is 0 Å². The van der Waals surface area contributed by atoms with Crippen LogP contribution >= 0.6 is 22.6 Å². The molecule has 0 saturated carbocycles. The molecule has 1 nitrogen and oxygen atoms in total. The van der Waals surface area contributed by atoms with Gasteiger partial charge in [-0.15, -0.1) is 0 Å². The number of aliphatic hydroxyl groups is 1. The number of aliphatic hydroxyl groups excluding tert-OH is 1. The van der Waals surface area contributed by atoms with Crippen LogP contribution in [0.5, 0.6) is 0 Å². The summed E-state index contributed by atoms with van der Waals surface area (Å²) in [5.74, 6) is 0. The summed E-state index contributed by atoms with van der Waals surface area (Å²) >= 11 is 2.28. The molecule has 1 unspecified atom stereocenters. The molecule has 2 heteroatoms. The van der Waals surface area contributed by atoms with Gasteiger partial charge in [0.2, 0.25) is 0 Å². The van der Waals surface area contributed by atoms with Crippen LogP contribution in [0.3, 0.4) is 0 Å². The average molecular weight is 228 g/mol. The van der Waals surface area contributed by atoms with Gasteiger partial charge in [-0.25, -0.2) is 0 Å². The average Bonchev–Trinajstić information content (AvgIpc) is 1.83. The molecule has 0 spiro atoms. The van der Waals surface area contributed by atoms with Gasteiger partial charge in [0.25, 0.3) is 0 Å². The molecule has 8 heavy (non-hydrogen) atoms. The molecule has 0 aromatic heterocycles. The van der Waals surface area contributed by atoms with E-state index < -0.39 is 0 Å². The molecule has 1 N–H and O–H groups in total. The lowest BCUT2D eigenvalue weighted by molar-refractivity contribution is 0.294. The molecule has 0 aliphatic carbocycles. The molecule has 0 bridgehead atoms. The van der Waals surface area contributed by atoms with Gasteiger partial charge in [-0.1, -0.05) is 42.4 Å². The Labute approximate surface area is 64.6 Å². The lowest BCUT2D eigenvalue weighted by Gasteiger charge is -2.01. The zero-order valence-corrected chi connectivity index (χ0v) is 7.39. The molecule has 0 aliphatic heterocycles. The molecule has 0 saturated heterocycles.